The largest absolute Gasteiger partial charge is 0.458 e. The molecule has 10 heterocycles. The maximum atomic E-state index is 7.50. The summed E-state index contributed by atoms with van der Waals surface area (Å²) in [5, 5.41) is 4.08. The Balaban J connectivity index is 0.560. The molecule has 0 aliphatic carbocycles. The zero-order valence-electron chi connectivity index (χ0n) is 78.0. The van der Waals surface area contributed by atoms with Crippen LogP contribution in [0.1, 0.15) is 31.9 Å². The first-order valence-corrected chi connectivity index (χ1v) is 48.3. The molecule has 0 atom stereocenters. The molecule has 4 aliphatic rings. The van der Waals surface area contributed by atoms with E-state index in [0.717, 1.165) is 222 Å². The standard InChI is InChI=1S/C125H80B2N14O2/c1-73-61-103-109-107(62-73)142-105-69-86(74-29-13-5-14-30-74)53-57-97(105)126(109)99-67-91(65-95-93-63-88(55-59-101(93)140(103)111(95)99)121-132-113(78-31-15-6-16-32-78)128-114(133-121)79-33-17-7-18-34-79)124-138-119(84-43-27-12-28-44-84)131-120(139-124)85-51-49-76(50-52-85)75-45-47-77(48-46-75)87-54-58-98-106(70-87)143-108-72-92(125(2,3)4)71-104-110(108)127(98)100-68-90(123-136-117(82-39-23-10-24-40-82)130-118(137-123)83-41-25-11-26-42-83)66-96-94-64-89(56-60-102(94)141(104)112(96)100)122-134-115(80-35-19-8-20-36-80)129-116(135-122)81-37-21-9-22-38-81/h5-72H,1-4H3. The van der Waals surface area contributed by atoms with Gasteiger partial charge < -0.3 is 18.6 Å². The van der Waals surface area contributed by atoms with E-state index in [9.17, 15) is 0 Å². The molecule has 0 amide bonds. The van der Waals surface area contributed by atoms with Gasteiger partial charge in [-0.25, -0.2) is 59.8 Å². The molecule has 18 heteroatoms. The summed E-state index contributed by atoms with van der Waals surface area (Å²) < 4.78 is 19.6. The van der Waals surface area contributed by atoms with Gasteiger partial charge in [0, 0.05) is 111 Å². The number of aryl methyl sites for hydroxylation is 1. The molecule has 0 fully saturated rings. The lowest BCUT2D eigenvalue weighted by Gasteiger charge is -2.35. The Morgan fingerprint density at radius 2 is 0.455 bits per heavy atom. The quantitative estimate of drug-likeness (QED) is 0.0883. The molecule has 6 aromatic heterocycles. The summed E-state index contributed by atoms with van der Waals surface area (Å²) in [6.45, 7) is 8.44. The molecule has 24 aromatic rings. The second kappa shape index (κ2) is 32.8. The average Bonchev–Trinajstić information content (AvgIpc) is 1.55. The summed E-state index contributed by atoms with van der Waals surface area (Å²) >= 11 is 0. The van der Waals surface area contributed by atoms with E-state index in [1.54, 1.807) is 0 Å². The monoisotopic (exact) mass is 1830 g/mol. The number of ether oxygens (including phenoxy) is 2. The third-order valence-corrected chi connectivity index (χ3v) is 28.4. The third kappa shape index (κ3) is 14.1. The van der Waals surface area contributed by atoms with Gasteiger partial charge in [0.1, 0.15) is 23.0 Å². The fourth-order valence-electron chi connectivity index (χ4n) is 21.5. The second-order valence-electron chi connectivity index (χ2n) is 38.3. The summed E-state index contributed by atoms with van der Waals surface area (Å²) in [5.74, 6) is 10.0. The Kier molecular flexibility index (Phi) is 18.9. The van der Waals surface area contributed by atoms with E-state index in [2.05, 4.69) is 273 Å². The predicted molar refractivity (Wildman–Crippen MR) is 576 cm³/mol. The molecule has 0 unspecified atom stereocenters. The highest BCUT2D eigenvalue weighted by Crippen LogP contribution is 2.47. The third-order valence-electron chi connectivity index (χ3n) is 28.4. The lowest BCUT2D eigenvalue weighted by molar-refractivity contribution is 0.483. The molecular weight excluding hydrogens is 1750 g/mol. The summed E-state index contributed by atoms with van der Waals surface area (Å²) in [4.78, 5) is 63.8. The van der Waals surface area contributed by atoms with Crippen LogP contribution in [0.25, 0.3) is 225 Å². The van der Waals surface area contributed by atoms with Gasteiger partial charge in [-0.15, -0.1) is 0 Å². The van der Waals surface area contributed by atoms with Gasteiger partial charge in [0.15, 0.2) is 69.9 Å². The van der Waals surface area contributed by atoms with Gasteiger partial charge >= 0.3 is 0 Å². The minimum absolute atomic E-state index is 0.245. The van der Waals surface area contributed by atoms with Gasteiger partial charge in [-0.1, -0.05) is 348 Å². The molecule has 0 bridgehead atoms. The first-order chi connectivity index (χ1) is 70.3. The number of hydrogen-bond acceptors (Lipinski definition) is 14. The molecule has 0 N–H and O–H groups in total. The predicted octanol–water partition coefficient (Wildman–Crippen LogP) is 25.1. The van der Waals surface area contributed by atoms with Crippen LogP contribution >= 0.6 is 0 Å². The molecule has 4 aliphatic heterocycles. The fraction of sp³-hybridized carbons (Fsp3) is 0.0400. The molecule has 28 rings (SSSR count). The Morgan fingerprint density at radius 1 is 0.203 bits per heavy atom. The number of aromatic nitrogens is 14. The van der Waals surface area contributed by atoms with Crippen LogP contribution in [0.5, 0.6) is 23.0 Å². The van der Waals surface area contributed by atoms with Crippen LogP contribution in [0, 0.1) is 6.92 Å². The molecular formula is C125H80B2N14O2. The van der Waals surface area contributed by atoms with Crippen molar-refractivity contribution in [3.05, 3.63) is 424 Å². The lowest BCUT2D eigenvalue weighted by Crippen LogP contribution is -2.58. The topological polar surface area (TPSA) is 183 Å². The van der Waals surface area contributed by atoms with E-state index in [4.69, 9.17) is 69.3 Å². The van der Waals surface area contributed by atoms with Crippen LogP contribution in [-0.2, 0) is 5.41 Å². The zero-order chi connectivity index (χ0) is 94.8. The molecule has 668 valence electrons. The lowest BCUT2D eigenvalue weighted by atomic mass is 9.34. The highest BCUT2D eigenvalue weighted by molar-refractivity contribution is 7.00. The normalized spacial score (nSPS) is 12.4. The fourth-order valence-corrected chi connectivity index (χ4v) is 21.5. The second-order valence-corrected chi connectivity index (χ2v) is 38.3. The molecule has 18 aromatic carbocycles. The van der Waals surface area contributed by atoms with Crippen molar-refractivity contribution < 1.29 is 9.47 Å². The van der Waals surface area contributed by atoms with Crippen molar-refractivity contribution in [1.82, 2.24) is 68.9 Å². The smallest absolute Gasteiger partial charge is 0.256 e. The van der Waals surface area contributed by atoms with Crippen molar-refractivity contribution in [2.24, 2.45) is 0 Å². The first kappa shape index (κ1) is 82.6. The Hall–Kier alpha value is -18.7. The van der Waals surface area contributed by atoms with Crippen LogP contribution in [0.15, 0.2) is 413 Å². The number of rotatable bonds is 15. The van der Waals surface area contributed by atoms with Crippen molar-refractivity contribution in [2.75, 3.05) is 0 Å². The van der Waals surface area contributed by atoms with Crippen LogP contribution in [0.3, 0.4) is 0 Å². The summed E-state index contributed by atoms with van der Waals surface area (Å²) in [6.07, 6.45) is 0. The van der Waals surface area contributed by atoms with Crippen LogP contribution in [0.2, 0.25) is 0 Å². The van der Waals surface area contributed by atoms with E-state index in [1.165, 1.54) is 0 Å². The SMILES string of the molecule is Cc1cc2c3c(c1)-n1c4ccc(-c5nc(-c6ccccc6)nc(-c6ccccc6)n5)cc4c4cc(-c5nc(-c6ccccc6)nc(-c6ccc(-c7ccc(-c8ccc9c(c8)Oc8cc(C(C)(C)C)cc%10c8B9c8cc(-c9nc(-c%11ccccc%11)nc(-c%11ccccc%11)n9)cc9c%11cc(-c%12nc(-c%13ccccc%13)nc(-c%13ccccc%13)n%12)ccc%11n-%10c89)cc7)cc6)n5)cc(c41)B3c1ccc(-c3ccccc3)cc1O2. The molecule has 0 radical (unpaired) electrons. The van der Waals surface area contributed by atoms with Gasteiger partial charge in [0.25, 0.3) is 13.4 Å². The van der Waals surface area contributed by atoms with E-state index >= 15 is 0 Å². The summed E-state index contributed by atoms with van der Waals surface area (Å²) in [7, 11) is 0. The molecule has 143 heavy (non-hydrogen) atoms. The number of nitrogens with zero attached hydrogens (tertiary/aromatic N) is 14. The van der Waals surface area contributed by atoms with Gasteiger partial charge in [-0.2, -0.15) is 0 Å². The van der Waals surface area contributed by atoms with Crippen molar-refractivity contribution in [3.63, 3.8) is 0 Å². The Bertz CT molecular complexity index is 9190. The molecule has 0 saturated heterocycles. The molecule has 0 saturated carbocycles. The maximum Gasteiger partial charge on any atom is 0.256 e. The van der Waals surface area contributed by atoms with Gasteiger partial charge in [0.2, 0.25) is 0 Å². The minimum Gasteiger partial charge on any atom is -0.458 e. The molecule has 0 spiro atoms. The number of benzene rings is 18. The van der Waals surface area contributed by atoms with E-state index in [-0.39, 0.29) is 18.8 Å². The van der Waals surface area contributed by atoms with E-state index in [1.807, 2.05) is 176 Å². The minimum atomic E-state index is -0.294. The Labute approximate surface area is 823 Å². The van der Waals surface area contributed by atoms with E-state index < -0.39 is 0 Å². The van der Waals surface area contributed by atoms with E-state index in [0.29, 0.717) is 69.9 Å². The van der Waals surface area contributed by atoms with Crippen LogP contribution in [-0.4, -0.2) is 82.4 Å². The maximum absolute atomic E-state index is 7.50. The number of fused-ring (bicyclic) bond motifs is 14. The highest BCUT2D eigenvalue weighted by atomic mass is 16.5. The van der Waals surface area contributed by atoms with Crippen LogP contribution in [0.4, 0.5) is 0 Å². The summed E-state index contributed by atoms with van der Waals surface area (Å²) in [6, 6.07) is 144. The first-order valence-electron chi connectivity index (χ1n) is 48.3. The summed E-state index contributed by atoms with van der Waals surface area (Å²) in [5.41, 5.74) is 31.5. The zero-order valence-corrected chi connectivity index (χ0v) is 78.0. The van der Waals surface area contributed by atoms with Crippen molar-refractivity contribution in [2.45, 2.75) is 33.1 Å². The van der Waals surface area contributed by atoms with Crippen molar-refractivity contribution in [3.8, 4) is 204 Å². The number of hydrogen-bond donors (Lipinski definition) is 0. The Morgan fingerprint density at radius 3 is 0.783 bits per heavy atom. The average molecular weight is 1830 g/mol. The van der Waals surface area contributed by atoms with Crippen LogP contribution < -0.4 is 42.3 Å². The van der Waals surface area contributed by atoms with Gasteiger partial charge in [0.05, 0.1) is 11.0 Å². The van der Waals surface area contributed by atoms with Crippen molar-refractivity contribution in [1.29, 1.82) is 0 Å². The molecule has 16 nitrogen and oxygen atoms in total. The van der Waals surface area contributed by atoms with Gasteiger partial charge in [-0.3, -0.25) is 0 Å². The van der Waals surface area contributed by atoms with Crippen molar-refractivity contribution >= 4 is 89.8 Å². The van der Waals surface area contributed by atoms with Gasteiger partial charge in [-0.05, 0) is 175 Å². The highest BCUT2D eigenvalue weighted by Gasteiger charge is 2.45.